The van der Waals surface area contributed by atoms with Gasteiger partial charge in [0.05, 0.1) is 0 Å². The van der Waals surface area contributed by atoms with E-state index in [0.29, 0.717) is 11.6 Å². The fraction of sp³-hybridized carbons (Fsp3) is 0.0625. The first-order valence-corrected chi connectivity index (χ1v) is 5.91. The molecule has 1 nitrogen and oxygen atoms in total. The van der Waals surface area contributed by atoms with Crippen molar-refractivity contribution < 1.29 is 18.0 Å². The highest BCUT2D eigenvalue weighted by molar-refractivity contribution is 6.03. The Kier molecular flexibility index (Phi) is 4.03. The Bertz CT molecular complexity index is 616. The summed E-state index contributed by atoms with van der Waals surface area (Å²) < 4.78 is 40.2. The van der Waals surface area contributed by atoms with Gasteiger partial charge in [0, 0.05) is 5.56 Å². The number of carbonyl (C=O) groups is 1. The van der Waals surface area contributed by atoms with Gasteiger partial charge < -0.3 is 0 Å². The van der Waals surface area contributed by atoms with Gasteiger partial charge in [-0.25, -0.2) is 4.39 Å². The molecule has 0 bridgehead atoms. The van der Waals surface area contributed by atoms with Crippen molar-refractivity contribution in [1.82, 2.24) is 0 Å². The van der Waals surface area contributed by atoms with E-state index in [4.69, 9.17) is 0 Å². The Balaban J connectivity index is 2.18. The highest BCUT2D eigenvalue weighted by atomic mass is 19.3. The summed E-state index contributed by atoms with van der Waals surface area (Å²) >= 11 is 0. The molecule has 0 radical (unpaired) electrons. The molecule has 0 heterocycles. The van der Waals surface area contributed by atoms with Crippen molar-refractivity contribution in [1.29, 1.82) is 0 Å². The molecule has 2 aromatic rings. The van der Waals surface area contributed by atoms with Crippen LogP contribution in [0.15, 0.2) is 60.7 Å². The van der Waals surface area contributed by atoms with Crippen molar-refractivity contribution >= 4 is 11.9 Å². The number of hydrogen-bond donors (Lipinski definition) is 0. The maximum absolute atomic E-state index is 13.8. The van der Waals surface area contributed by atoms with E-state index in [-0.39, 0.29) is 5.56 Å². The Morgan fingerprint density at radius 3 is 2.15 bits per heavy atom. The van der Waals surface area contributed by atoms with Gasteiger partial charge in [0.15, 0.2) is 0 Å². The molecule has 0 aliphatic rings. The van der Waals surface area contributed by atoms with E-state index < -0.39 is 17.5 Å². The average molecular weight is 276 g/mol. The van der Waals surface area contributed by atoms with Crippen molar-refractivity contribution in [3.8, 4) is 0 Å². The van der Waals surface area contributed by atoms with E-state index in [1.807, 2.05) is 0 Å². The van der Waals surface area contributed by atoms with Crippen molar-refractivity contribution in [2.24, 2.45) is 0 Å². The predicted octanol–water partition coefficient (Wildman–Crippen LogP) is 4.36. The molecule has 0 fully saturated rings. The van der Waals surface area contributed by atoms with E-state index in [2.05, 4.69) is 0 Å². The molecule has 0 aliphatic carbocycles. The standard InChI is InChI=1S/C16H11F3O/c17-14-8-6-12(7-9-14)10-11-16(18,19)15(20)13-4-2-1-3-5-13/h1-11H/b11-10+. The fourth-order valence-electron chi connectivity index (χ4n) is 1.63. The van der Waals surface area contributed by atoms with Crippen molar-refractivity contribution in [3.05, 3.63) is 77.6 Å². The lowest BCUT2D eigenvalue weighted by Crippen LogP contribution is -2.25. The molecule has 0 aromatic heterocycles. The SMILES string of the molecule is O=C(c1ccccc1)C(F)(F)/C=C/c1ccc(F)cc1. The van der Waals surface area contributed by atoms with Gasteiger partial charge in [-0.1, -0.05) is 48.5 Å². The van der Waals surface area contributed by atoms with Crippen LogP contribution in [0.5, 0.6) is 0 Å². The van der Waals surface area contributed by atoms with Gasteiger partial charge in [-0.15, -0.1) is 0 Å². The minimum absolute atomic E-state index is 0.0544. The quantitative estimate of drug-likeness (QED) is 0.758. The molecule has 0 N–H and O–H groups in total. The van der Waals surface area contributed by atoms with Gasteiger partial charge >= 0.3 is 5.92 Å². The van der Waals surface area contributed by atoms with Gasteiger partial charge in [0.25, 0.3) is 0 Å². The van der Waals surface area contributed by atoms with Gasteiger partial charge in [-0.05, 0) is 23.8 Å². The summed E-state index contributed by atoms with van der Waals surface area (Å²) in [5, 5.41) is 0. The molecule has 20 heavy (non-hydrogen) atoms. The summed E-state index contributed by atoms with van der Waals surface area (Å²) in [5.41, 5.74) is 0.341. The van der Waals surface area contributed by atoms with Crippen LogP contribution in [0.3, 0.4) is 0 Å². The summed E-state index contributed by atoms with van der Waals surface area (Å²) in [4.78, 5) is 11.7. The number of halogens is 3. The Hall–Kier alpha value is -2.36. The minimum atomic E-state index is -3.60. The predicted molar refractivity (Wildman–Crippen MR) is 71.2 cm³/mol. The lowest BCUT2D eigenvalue weighted by molar-refractivity contribution is 0.0385. The number of benzene rings is 2. The molecular weight excluding hydrogens is 265 g/mol. The fourth-order valence-corrected chi connectivity index (χ4v) is 1.63. The number of hydrogen-bond acceptors (Lipinski definition) is 1. The van der Waals surface area contributed by atoms with E-state index in [0.717, 1.165) is 18.2 Å². The zero-order chi connectivity index (χ0) is 14.6. The van der Waals surface area contributed by atoms with Crippen LogP contribution in [0.25, 0.3) is 6.08 Å². The highest BCUT2D eigenvalue weighted by Crippen LogP contribution is 2.23. The van der Waals surface area contributed by atoms with E-state index in [1.165, 1.54) is 36.4 Å². The first-order chi connectivity index (χ1) is 9.49. The summed E-state index contributed by atoms with van der Waals surface area (Å²) in [5.74, 6) is -5.32. The number of carbonyl (C=O) groups excluding carboxylic acids is 1. The number of alkyl halides is 2. The first-order valence-electron chi connectivity index (χ1n) is 5.91. The summed E-state index contributed by atoms with van der Waals surface area (Å²) in [6.07, 6.45) is 1.62. The van der Waals surface area contributed by atoms with Crippen molar-refractivity contribution in [2.45, 2.75) is 5.92 Å². The summed E-state index contributed by atoms with van der Waals surface area (Å²) in [6, 6.07) is 12.4. The maximum Gasteiger partial charge on any atom is 0.328 e. The molecule has 0 aliphatic heterocycles. The van der Waals surface area contributed by atoms with Crippen LogP contribution in [0.2, 0.25) is 0 Å². The van der Waals surface area contributed by atoms with Crippen LogP contribution in [-0.4, -0.2) is 11.7 Å². The normalized spacial score (nSPS) is 11.8. The third kappa shape index (κ3) is 3.35. The zero-order valence-electron chi connectivity index (χ0n) is 10.4. The number of ketones is 1. The molecule has 0 spiro atoms. The van der Waals surface area contributed by atoms with Gasteiger partial charge in [-0.2, -0.15) is 8.78 Å². The number of rotatable bonds is 4. The van der Waals surface area contributed by atoms with E-state index in [1.54, 1.807) is 6.07 Å². The average Bonchev–Trinajstić information content (AvgIpc) is 2.47. The van der Waals surface area contributed by atoms with E-state index in [9.17, 15) is 18.0 Å². The van der Waals surface area contributed by atoms with Crippen LogP contribution < -0.4 is 0 Å². The Morgan fingerprint density at radius 1 is 0.950 bits per heavy atom. The Labute approximate surface area is 114 Å². The van der Waals surface area contributed by atoms with Crippen molar-refractivity contribution in [2.75, 3.05) is 0 Å². The first kappa shape index (κ1) is 14.1. The van der Waals surface area contributed by atoms with Crippen LogP contribution in [-0.2, 0) is 0 Å². The highest BCUT2D eigenvalue weighted by Gasteiger charge is 2.36. The zero-order valence-corrected chi connectivity index (χ0v) is 10.4. The maximum atomic E-state index is 13.8. The third-order valence-corrected chi connectivity index (χ3v) is 2.69. The van der Waals surface area contributed by atoms with E-state index >= 15 is 0 Å². The summed E-state index contributed by atoms with van der Waals surface area (Å²) in [7, 11) is 0. The van der Waals surface area contributed by atoms with Gasteiger partial charge in [0.2, 0.25) is 5.78 Å². The molecule has 0 amide bonds. The van der Waals surface area contributed by atoms with Crippen LogP contribution in [0.4, 0.5) is 13.2 Å². The molecule has 0 unspecified atom stereocenters. The van der Waals surface area contributed by atoms with Gasteiger partial charge in [0.1, 0.15) is 5.82 Å². The molecule has 102 valence electrons. The minimum Gasteiger partial charge on any atom is -0.287 e. The topological polar surface area (TPSA) is 17.1 Å². The molecule has 0 saturated carbocycles. The van der Waals surface area contributed by atoms with Gasteiger partial charge in [-0.3, -0.25) is 4.79 Å². The molecule has 4 heteroatoms. The smallest absolute Gasteiger partial charge is 0.287 e. The summed E-state index contributed by atoms with van der Waals surface area (Å²) in [6.45, 7) is 0. The molecule has 0 saturated heterocycles. The largest absolute Gasteiger partial charge is 0.328 e. The molecule has 2 aromatic carbocycles. The second kappa shape index (κ2) is 5.74. The number of Topliss-reactive ketones (excluding diaryl/α,β-unsaturated/α-hetero) is 1. The molecule has 0 atom stereocenters. The Morgan fingerprint density at radius 2 is 1.55 bits per heavy atom. The lowest BCUT2D eigenvalue weighted by Gasteiger charge is -2.10. The van der Waals surface area contributed by atoms with Crippen LogP contribution in [0.1, 0.15) is 15.9 Å². The lowest BCUT2D eigenvalue weighted by atomic mass is 10.0. The second-order valence-corrected chi connectivity index (χ2v) is 4.20. The van der Waals surface area contributed by atoms with Crippen molar-refractivity contribution in [3.63, 3.8) is 0 Å². The second-order valence-electron chi connectivity index (χ2n) is 4.20. The monoisotopic (exact) mass is 276 g/mol. The third-order valence-electron chi connectivity index (χ3n) is 2.69. The molecule has 2 rings (SSSR count). The number of allylic oxidation sites excluding steroid dienone is 1. The van der Waals surface area contributed by atoms with Crippen LogP contribution in [0, 0.1) is 5.82 Å². The van der Waals surface area contributed by atoms with Crippen LogP contribution >= 0.6 is 0 Å². The molecular formula is C16H11F3O.